The van der Waals surface area contributed by atoms with Gasteiger partial charge in [-0.1, -0.05) is 30.3 Å². The molecule has 2 N–H and O–H groups in total. The number of nitrogens with zero attached hydrogens (tertiary/aromatic N) is 2. The van der Waals surface area contributed by atoms with Crippen LogP contribution in [-0.4, -0.2) is 43.5 Å². The first kappa shape index (κ1) is 19.7. The number of carbonyl (C=O) groups is 1. The predicted octanol–water partition coefficient (Wildman–Crippen LogP) is 2.47. The zero-order valence-corrected chi connectivity index (χ0v) is 16.5. The van der Waals surface area contributed by atoms with Crippen LogP contribution in [0.4, 0.5) is 5.69 Å². The first-order valence-electron chi connectivity index (χ1n) is 8.51. The van der Waals surface area contributed by atoms with Crippen LogP contribution in [0.1, 0.15) is 30.5 Å². The number of aromatic hydroxyl groups is 1. The second-order valence-corrected chi connectivity index (χ2v) is 8.20. The van der Waals surface area contributed by atoms with Crippen LogP contribution in [0.3, 0.4) is 0 Å². The Kier molecular flexibility index (Phi) is 5.28. The van der Waals surface area contributed by atoms with Crippen molar-refractivity contribution in [2.45, 2.75) is 19.4 Å². The molecule has 0 bridgehead atoms. The maximum Gasteiger partial charge on any atom is 0.240 e. The molecule has 1 heterocycles. The normalized spacial score (nSPS) is 16.6. The van der Waals surface area contributed by atoms with Crippen molar-refractivity contribution in [3.05, 3.63) is 53.6 Å². The molecular formula is C19H21N3O5S. The van der Waals surface area contributed by atoms with Crippen LogP contribution in [-0.2, 0) is 14.8 Å². The van der Waals surface area contributed by atoms with E-state index < -0.39 is 16.1 Å². The standard InChI is InChI=1S/C19H21N3O5S/c1-12(23)22-17(14-8-6-10-18(27-2)19(14)24)11-16(20-22)13-7-4-5-9-15(13)21-28(3,25)26/h4-10,17,21,24H,11H2,1-3H3/t17-/m1/s1. The zero-order valence-electron chi connectivity index (χ0n) is 15.7. The molecule has 1 amide bonds. The van der Waals surface area contributed by atoms with Crippen molar-refractivity contribution in [3.8, 4) is 11.5 Å². The fraction of sp³-hybridized carbons (Fsp3) is 0.263. The summed E-state index contributed by atoms with van der Waals surface area (Å²) in [6.45, 7) is 1.39. The van der Waals surface area contributed by atoms with Gasteiger partial charge in [0.05, 0.1) is 30.8 Å². The molecule has 1 aliphatic heterocycles. The average Bonchev–Trinajstić information content (AvgIpc) is 3.06. The second-order valence-electron chi connectivity index (χ2n) is 6.45. The number of carbonyl (C=O) groups excluding carboxylic acids is 1. The van der Waals surface area contributed by atoms with Gasteiger partial charge in [-0.15, -0.1) is 0 Å². The summed E-state index contributed by atoms with van der Waals surface area (Å²) in [5.74, 6) is -0.0513. The predicted molar refractivity (Wildman–Crippen MR) is 106 cm³/mol. The van der Waals surface area contributed by atoms with E-state index in [0.717, 1.165) is 6.26 Å². The number of ether oxygens (including phenoxy) is 1. The molecule has 8 nitrogen and oxygen atoms in total. The summed E-state index contributed by atoms with van der Waals surface area (Å²) in [6, 6.07) is 11.4. The first-order chi connectivity index (χ1) is 13.2. The quantitative estimate of drug-likeness (QED) is 0.797. The minimum absolute atomic E-state index is 0.0553. The van der Waals surface area contributed by atoms with Gasteiger partial charge < -0.3 is 9.84 Å². The summed E-state index contributed by atoms with van der Waals surface area (Å²) in [4.78, 5) is 12.2. The summed E-state index contributed by atoms with van der Waals surface area (Å²) in [6.07, 6.45) is 1.38. The van der Waals surface area contributed by atoms with E-state index in [4.69, 9.17) is 4.74 Å². The van der Waals surface area contributed by atoms with Crippen LogP contribution < -0.4 is 9.46 Å². The van der Waals surface area contributed by atoms with Crippen LogP contribution in [0, 0.1) is 0 Å². The Hall–Kier alpha value is -3.07. The number of methoxy groups -OCH3 is 1. The lowest BCUT2D eigenvalue weighted by Crippen LogP contribution is -2.24. The Balaban J connectivity index is 2.03. The molecular weight excluding hydrogens is 382 g/mol. The summed E-state index contributed by atoms with van der Waals surface area (Å²) in [5.41, 5.74) is 1.99. The molecule has 28 heavy (non-hydrogen) atoms. The third-order valence-corrected chi connectivity index (χ3v) is 4.97. The van der Waals surface area contributed by atoms with Gasteiger partial charge in [-0.05, 0) is 12.1 Å². The van der Waals surface area contributed by atoms with E-state index in [1.165, 1.54) is 19.0 Å². The molecule has 1 aliphatic rings. The van der Waals surface area contributed by atoms with Gasteiger partial charge in [-0.25, -0.2) is 13.4 Å². The molecule has 9 heteroatoms. The molecule has 3 rings (SSSR count). The lowest BCUT2D eigenvalue weighted by Gasteiger charge is -2.22. The van der Waals surface area contributed by atoms with E-state index >= 15 is 0 Å². The van der Waals surface area contributed by atoms with Gasteiger partial charge in [0.2, 0.25) is 15.9 Å². The van der Waals surface area contributed by atoms with Crippen LogP contribution in [0.2, 0.25) is 0 Å². The average molecular weight is 403 g/mol. The number of hydrogen-bond donors (Lipinski definition) is 2. The Labute approximate surface area is 163 Å². The number of benzene rings is 2. The molecule has 0 aliphatic carbocycles. The number of phenols is 1. The SMILES string of the molecule is COc1cccc([C@H]2CC(c3ccccc3NS(C)(=O)=O)=NN2C(C)=O)c1O. The van der Waals surface area contributed by atoms with Crippen LogP contribution in [0.5, 0.6) is 11.5 Å². The molecule has 2 aromatic carbocycles. The number of rotatable bonds is 5. The van der Waals surface area contributed by atoms with Gasteiger partial charge in [-0.2, -0.15) is 5.10 Å². The molecule has 0 unspecified atom stereocenters. The molecule has 0 radical (unpaired) electrons. The van der Waals surface area contributed by atoms with Crippen molar-refractivity contribution in [2.75, 3.05) is 18.1 Å². The number of amides is 1. The first-order valence-corrected chi connectivity index (χ1v) is 10.4. The fourth-order valence-corrected chi connectivity index (χ4v) is 3.78. The van der Waals surface area contributed by atoms with E-state index in [9.17, 15) is 18.3 Å². The molecule has 0 spiro atoms. The van der Waals surface area contributed by atoms with E-state index in [0.29, 0.717) is 34.7 Å². The summed E-state index contributed by atoms with van der Waals surface area (Å²) in [5, 5.41) is 16.2. The maximum absolute atomic E-state index is 12.2. The lowest BCUT2D eigenvalue weighted by molar-refractivity contribution is -0.130. The van der Waals surface area contributed by atoms with Crippen molar-refractivity contribution in [1.82, 2.24) is 5.01 Å². The zero-order chi connectivity index (χ0) is 20.5. The van der Waals surface area contributed by atoms with Crippen molar-refractivity contribution in [3.63, 3.8) is 0 Å². The van der Waals surface area contributed by atoms with Crippen molar-refractivity contribution in [1.29, 1.82) is 0 Å². The number of hydrogen-bond acceptors (Lipinski definition) is 6. The van der Waals surface area contributed by atoms with Gasteiger partial charge in [0.15, 0.2) is 11.5 Å². The minimum atomic E-state index is -3.48. The summed E-state index contributed by atoms with van der Waals surface area (Å²) < 4.78 is 31.0. The van der Waals surface area contributed by atoms with E-state index in [1.54, 1.807) is 42.5 Å². The highest BCUT2D eigenvalue weighted by Crippen LogP contribution is 2.41. The fourth-order valence-electron chi connectivity index (χ4n) is 3.20. The van der Waals surface area contributed by atoms with Crippen LogP contribution in [0.25, 0.3) is 0 Å². The molecule has 1 atom stereocenters. The lowest BCUT2D eigenvalue weighted by atomic mass is 9.96. The van der Waals surface area contributed by atoms with E-state index in [-0.39, 0.29) is 11.7 Å². The molecule has 148 valence electrons. The van der Waals surface area contributed by atoms with Crippen molar-refractivity contribution < 1.29 is 23.1 Å². The number of para-hydroxylation sites is 2. The molecule has 0 fully saturated rings. The molecule has 0 saturated carbocycles. The van der Waals surface area contributed by atoms with Crippen molar-refractivity contribution in [2.24, 2.45) is 5.10 Å². The van der Waals surface area contributed by atoms with E-state index in [1.807, 2.05) is 0 Å². The summed E-state index contributed by atoms with van der Waals surface area (Å²) in [7, 11) is -2.03. The third-order valence-electron chi connectivity index (χ3n) is 4.38. The third kappa shape index (κ3) is 3.94. The maximum atomic E-state index is 12.2. The Morgan fingerprint density at radius 2 is 1.96 bits per heavy atom. The molecule has 2 aromatic rings. The second kappa shape index (κ2) is 7.51. The highest BCUT2D eigenvalue weighted by molar-refractivity contribution is 7.92. The van der Waals surface area contributed by atoms with Gasteiger partial charge in [0.25, 0.3) is 0 Å². The highest BCUT2D eigenvalue weighted by atomic mass is 32.2. The Morgan fingerprint density at radius 1 is 1.25 bits per heavy atom. The Morgan fingerprint density at radius 3 is 2.61 bits per heavy atom. The van der Waals surface area contributed by atoms with Gasteiger partial charge in [-0.3, -0.25) is 9.52 Å². The number of nitrogens with one attached hydrogen (secondary N) is 1. The van der Waals surface area contributed by atoms with Crippen LogP contribution in [0.15, 0.2) is 47.6 Å². The van der Waals surface area contributed by atoms with Crippen LogP contribution >= 0.6 is 0 Å². The van der Waals surface area contributed by atoms with Gasteiger partial charge >= 0.3 is 0 Å². The highest BCUT2D eigenvalue weighted by Gasteiger charge is 2.34. The number of hydrazone groups is 1. The van der Waals surface area contributed by atoms with E-state index in [2.05, 4.69) is 9.82 Å². The topological polar surface area (TPSA) is 108 Å². The number of anilines is 1. The van der Waals surface area contributed by atoms with Crippen molar-refractivity contribution >= 4 is 27.3 Å². The van der Waals surface area contributed by atoms with Gasteiger partial charge in [0.1, 0.15) is 0 Å². The minimum Gasteiger partial charge on any atom is -0.504 e. The molecule has 0 aromatic heterocycles. The molecule has 0 saturated heterocycles. The largest absolute Gasteiger partial charge is 0.504 e. The van der Waals surface area contributed by atoms with Gasteiger partial charge in [0, 0.05) is 24.5 Å². The Bertz CT molecular complexity index is 1050. The number of phenolic OH excluding ortho intramolecular Hbond substituents is 1. The number of sulfonamides is 1. The summed E-state index contributed by atoms with van der Waals surface area (Å²) >= 11 is 0. The monoisotopic (exact) mass is 403 g/mol. The smallest absolute Gasteiger partial charge is 0.240 e.